The molecule has 0 bridgehead atoms. The predicted molar refractivity (Wildman–Crippen MR) is 132 cm³/mol. The molecule has 1 aliphatic heterocycles. The van der Waals surface area contributed by atoms with Gasteiger partial charge in [-0.2, -0.15) is 0 Å². The third kappa shape index (κ3) is 10.8. The highest BCUT2D eigenvalue weighted by Gasteiger charge is 2.39. The van der Waals surface area contributed by atoms with Crippen LogP contribution in [0.1, 0.15) is 83.3 Å². The summed E-state index contributed by atoms with van der Waals surface area (Å²) in [6.45, 7) is 9.63. The van der Waals surface area contributed by atoms with Crippen molar-refractivity contribution in [1.29, 1.82) is 0 Å². The monoisotopic (exact) mass is 482 g/mol. The Morgan fingerprint density at radius 2 is 1.85 bits per heavy atom. The Hall–Kier alpha value is -1.77. The Kier molecular flexibility index (Phi) is 12.8. The van der Waals surface area contributed by atoms with Crippen molar-refractivity contribution in [2.75, 3.05) is 6.61 Å². The van der Waals surface area contributed by atoms with Crippen molar-refractivity contribution in [2.24, 2.45) is 23.0 Å². The van der Waals surface area contributed by atoms with Gasteiger partial charge >= 0.3 is 5.97 Å². The molecule has 0 aromatic carbocycles. The molecule has 0 saturated carbocycles. The quantitative estimate of drug-likeness (QED) is 0.512. The highest BCUT2D eigenvalue weighted by atomic mass is 32.1. The summed E-state index contributed by atoms with van der Waals surface area (Å²) in [7, 11) is 0. The summed E-state index contributed by atoms with van der Waals surface area (Å²) in [6, 6.07) is 0. The molecule has 4 atom stereocenters. The van der Waals surface area contributed by atoms with Gasteiger partial charge in [-0.1, -0.05) is 40.5 Å². The van der Waals surface area contributed by atoms with Gasteiger partial charge in [0.05, 0.1) is 41.4 Å². The number of aryl methyl sites for hydroxylation is 1. The summed E-state index contributed by atoms with van der Waals surface area (Å²) in [5.74, 6) is -0.284. The van der Waals surface area contributed by atoms with E-state index < -0.39 is 17.5 Å². The highest BCUT2D eigenvalue weighted by Crippen LogP contribution is 2.31. The molecule has 8 heteroatoms. The number of hydrogen-bond acceptors (Lipinski definition) is 8. The fraction of sp³-hybridized carbons (Fsp3) is 0.720. The van der Waals surface area contributed by atoms with Crippen molar-refractivity contribution in [3.63, 3.8) is 0 Å². The van der Waals surface area contributed by atoms with Gasteiger partial charge < -0.3 is 20.7 Å². The number of carbonyl (C=O) groups excluding carboxylic acids is 2. The van der Waals surface area contributed by atoms with Gasteiger partial charge in [-0.3, -0.25) is 9.59 Å². The highest BCUT2D eigenvalue weighted by molar-refractivity contribution is 7.09. The molecule has 0 radical (unpaired) electrons. The van der Waals surface area contributed by atoms with Gasteiger partial charge in [0.15, 0.2) is 0 Å². The number of ether oxygens (including phenoxy) is 1. The molecule has 2 heterocycles. The lowest BCUT2D eigenvalue weighted by Crippen LogP contribution is -2.42. The van der Waals surface area contributed by atoms with E-state index >= 15 is 0 Å². The molecule has 2 rings (SSSR count). The van der Waals surface area contributed by atoms with E-state index in [-0.39, 0.29) is 30.8 Å². The van der Waals surface area contributed by atoms with Gasteiger partial charge in [0.2, 0.25) is 0 Å². The minimum absolute atomic E-state index is 0.0122. The van der Waals surface area contributed by atoms with Crippen LogP contribution in [0.5, 0.6) is 0 Å². The molecule has 4 N–H and O–H groups in total. The molecule has 33 heavy (non-hydrogen) atoms. The van der Waals surface area contributed by atoms with E-state index in [1.54, 1.807) is 31.3 Å². The summed E-state index contributed by atoms with van der Waals surface area (Å²) in [6.07, 6.45) is 6.31. The average Bonchev–Trinajstić information content (AvgIpc) is 3.15. The number of cyclic esters (lactones) is 1. The first-order valence-corrected chi connectivity index (χ1v) is 12.7. The van der Waals surface area contributed by atoms with Gasteiger partial charge in [-0.15, -0.1) is 11.3 Å². The number of carbonyl (C=O) groups is 2. The summed E-state index contributed by atoms with van der Waals surface area (Å²) < 4.78 is 5.11. The van der Waals surface area contributed by atoms with Crippen molar-refractivity contribution in [1.82, 2.24) is 4.98 Å². The maximum Gasteiger partial charge on any atom is 0.308 e. The Bertz CT molecular complexity index is 762. The molecule has 1 saturated heterocycles. The smallest absolute Gasteiger partial charge is 0.308 e. The summed E-state index contributed by atoms with van der Waals surface area (Å²) >= 11 is 1.63. The number of aromatic nitrogens is 1. The summed E-state index contributed by atoms with van der Waals surface area (Å²) in [5, 5.41) is 23.3. The molecule has 1 aromatic rings. The van der Waals surface area contributed by atoms with Crippen LogP contribution in [-0.4, -0.2) is 45.8 Å². The molecular formula is C25H42N2O5S. The SMILES string of the molecule is C[C@H]1CCC[C@H](O)CCCOC(=O)C[C@H](O)C(C)(C)C(=O)[C@H](C)C1.Cc1nc(/C=C\N)cs1. The number of nitrogens with two attached hydrogens (primary N) is 1. The average molecular weight is 483 g/mol. The second-order valence-electron chi connectivity index (χ2n) is 9.65. The molecule has 1 aliphatic rings. The molecule has 0 spiro atoms. The summed E-state index contributed by atoms with van der Waals surface area (Å²) in [5.41, 5.74) is 5.13. The number of nitrogens with zero attached hydrogens (tertiary/aromatic N) is 1. The normalized spacial score (nSPS) is 28.1. The number of aliphatic hydroxyl groups is 2. The van der Waals surface area contributed by atoms with E-state index in [1.165, 1.54) is 6.20 Å². The second kappa shape index (κ2) is 14.5. The Morgan fingerprint density at radius 1 is 1.18 bits per heavy atom. The van der Waals surface area contributed by atoms with E-state index in [1.807, 2.05) is 19.2 Å². The molecule has 7 nitrogen and oxygen atoms in total. The van der Waals surface area contributed by atoms with Crippen LogP contribution in [0.25, 0.3) is 6.08 Å². The van der Waals surface area contributed by atoms with Crippen LogP contribution in [0.4, 0.5) is 0 Å². The van der Waals surface area contributed by atoms with Gasteiger partial charge in [-0.25, -0.2) is 4.98 Å². The Labute approximate surface area is 202 Å². The van der Waals surface area contributed by atoms with Crippen LogP contribution in [0.3, 0.4) is 0 Å². The first-order chi connectivity index (χ1) is 15.5. The van der Waals surface area contributed by atoms with Crippen LogP contribution in [0.15, 0.2) is 11.6 Å². The first-order valence-electron chi connectivity index (χ1n) is 11.8. The van der Waals surface area contributed by atoms with Crippen LogP contribution >= 0.6 is 11.3 Å². The largest absolute Gasteiger partial charge is 0.466 e. The van der Waals surface area contributed by atoms with Crippen LogP contribution < -0.4 is 5.73 Å². The number of hydrogen-bond donors (Lipinski definition) is 3. The molecule has 0 amide bonds. The number of aliphatic hydroxyl groups excluding tert-OH is 2. The number of thiazole rings is 1. The third-order valence-corrected chi connectivity index (χ3v) is 6.91. The van der Waals surface area contributed by atoms with Crippen LogP contribution in [0.2, 0.25) is 0 Å². The molecule has 0 unspecified atom stereocenters. The van der Waals surface area contributed by atoms with Crippen molar-refractivity contribution >= 4 is 29.2 Å². The predicted octanol–water partition coefficient (Wildman–Crippen LogP) is 4.24. The Balaban J connectivity index is 0.000000502. The molecule has 0 aliphatic carbocycles. The molecular weight excluding hydrogens is 440 g/mol. The van der Waals surface area contributed by atoms with Crippen molar-refractivity contribution < 1.29 is 24.5 Å². The number of rotatable bonds is 1. The van der Waals surface area contributed by atoms with E-state index in [9.17, 15) is 19.8 Å². The van der Waals surface area contributed by atoms with Gasteiger partial charge in [-0.05, 0) is 50.8 Å². The van der Waals surface area contributed by atoms with Gasteiger partial charge in [0, 0.05) is 11.3 Å². The molecule has 1 aromatic heterocycles. The van der Waals surface area contributed by atoms with Crippen molar-refractivity contribution in [3.8, 4) is 0 Å². The minimum Gasteiger partial charge on any atom is -0.466 e. The first kappa shape index (κ1) is 29.3. The summed E-state index contributed by atoms with van der Waals surface area (Å²) in [4.78, 5) is 28.7. The number of Topliss-reactive ketones (excluding diaryl/α,β-unsaturated/α-hetero) is 1. The standard InChI is InChI=1S/C19H34O5.C6H8N2S/c1-13-7-5-8-15(20)9-6-10-24-17(22)12-16(21)19(3,4)18(23)14(2)11-13;1-5-8-6(2-3-7)4-9-5/h13-16,20-21H,5-12H2,1-4H3;2-4H,7H2,1H3/b;3-2-/t13-,14+,15-,16-;/m0./s1. The fourth-order valence-electron chi connectivity index (χ4n) is 4.01. The zero-order chi connectivity index (χ0) is 25.0. The zero-order valence-electron chi connectivity index (χ0n) is 20.8. The topological polar surface area (TPSA) is 123 Å². The van der Waals surface area contributed by atoms with E-state index in [2.05, 4.69) is 11.9 Å². The van der Waals surface area contributed by atoms with Crippen molar-refractivity contribution in [3.05, 3.63) is 22.3 Å². The molecule has 188 valence electrons. The molecule has 1 fully saturated rings. The van der Waals surface area contributed by atoms with Crippen LogP contribution in [0, 0.1) is 24.2 Å². The van der Waals surface area contributed by atoms with Gasteiger partial charge in [0.1, 0.15) is 5.78 Å². The lowest BCUT2D eigenvalue weighted by molar-refractivity contribution is -0.150. The third-order valence-electron chi connectivity index (χ3n) is 6.11. The lowest BCUT2D eigenvalue weighted by Gasteiger charge is -2.32. The zero-order valence-corrected chi connectivity index (χ0v) is 21.6. The van der Waals surface area contributed by atoms with Crippen LogP contribution in [-0.2, 0) is 14.3 Å². The second-order valence-corrected chi connectivity index (χ2v) is 10.7. The van der Waals surface area contributed by atoms with Crippen molar-refractivity contribution in [2.45, 2.75) is 91.8 Å². The van der Waals surface area contributed by atoms with E-state index in [0.717, 1.165) is 36.4 Å². The number of esters is 1. The van der Waals surface area contributed by atoms with Gasteiger partial charge in [0.25, 0.3) is 0 Å². The lowest BCUT2D eigenvalue weighted by atomic mass is 9.74. The van der Waals surface area contributed by atoms with E-state index in [4.69, 9.17) is 10.5 Å². The Morgan fingerprint density at radius 3 is 2.45 bits per heavy atom. The fourth-order valence-corrected chi connectivity index (χ4v) is 4.59. The minimum atomic E-state index is -1.05. The maximum atomic E-state index is 12.7. The number of ketones is 1. The van der Waals surface area contributed by atoms with E-state index in [0.29, 0.717) is 18.8 Å². The maximum absolute atomic E-state index is 12.7.